The molecule has 1 saturated heterocycles. The highest BCUT2D eigenvalue weighted by atomic mass is 32.2. The number of benzene rings is 1. The van der Waals surface area contributed by atoms with Gasteiger partial charge in [0.05, 0.1) is 6.61 Å². The van der Waals surface area contributed by atoms with Crippen LogP contribution in [0, 0.1) is 5.82 Å². The average molecular weight is 346 g/mol. The number of hydrogen-bond donors (Lipinski definition) is 1. The molecule has 23 heavy (non-hydrogen) atoms. The minimum absolute atomic E-state index is 0.0185. The maximum absolute atomic E-state index is 13.6. The molecule has 2 rings (SSSR count). The number of methoxy groups -OCH3 is 1. The van der Waals surface area contributed by atoms with Crippen molar-refractivity contribution in [3.05, 3.63) is 24.0 Å². The molecule has 0 amide bonds. The van der Waals surface area contributed by atoms with Gasteiger partial charge < -0.3 is 14.8 Å². The summed E-state index contributed by atoms with van der Waals surface area (Å²) in [4.78, 5) is -0.144. The van der Waals surface area contributed by atoms with Gasteiger partial charge in [0.15, 0.2) is 0 Å². The van der Waals surface area contributed by atoms with Crippen LogP contribution >= 0.6 is 0 Å². The molecule has 2 atom stereocenters. The summed E-state index contributed by atoms with van der Waals surface area (Å²) in [6.07, 6.45) is 0. The summed E-state index contributed by atoms with van der Waals surface area (Å²) in [5.74, 6) is -0.472. The molecule has 130 valence electrons. The van der Waals surface area contributed by atoms with Gasteiger partial charge in [-0.05, 0) is 32.0 Å². The van der Waals surface area contributed by atoms with Gasteiger partial charge in [0.25, 0.3) is 0 Å². The molecular weight excluding hydrogens is 323 g/mol. The van der Waals surface area contributed by atoms with Crippen molar-refractivity contribution in [2.45, 2.75) is 30.8 Å². The highest BCUT2D eigenvalue weighted by molar-refractivity contribution is 7.89. The van der Waals surface area contributed by atoms with Crippen molar-refractivity contribution in [3.63, 3.8) is 0 Å². The molecule has 1 N–H and O–H groups in total. The summed E-state index contributed by atoms with van der Waals surface area (Å²) in [5.41, 5.74) is 0. The zero-order valence-corrected chi connectivity index (χ0v) is 14.4. The Morgan fingerprint density at radius 1 is 1.35 bits per heavy atom. The molecule has 1 heterocycles. The van der Waals surface area contributed by atoms with E-state index in [1.54, 1.807) is 0 Å². The van der Waals surface area contributed by atoms with E-state index >= 15 is 0 Å². The number of sulfonamides is 1. The van der Waals surface area contributed by atoms with Gasteiger partial charge in [-0.2, -0.15) is 4.31 Å². The lowest BCUT2D eigenvalue weighted by molar-refractivity contribution is 0.144. The quantitative estimate of drug-likeness (QED) is 0.785. The summed E-state index contributed by atoms with van der Waals surface area (Å²) in [7, 11) is -2.32. The maximum atomic E-state index is 13.6. The maximum Gasteiger partial charge on any atom is 0.247 e. The van der Waals surface area contributed by atoms with Crippen LogP contribution in [-0.4, -0.2) is 58.2 Å². The minimum Gasteiger partial charge on any atom is -0.490 e. The fraction of sp³-hybridized carbons (Fsp3) is 0.600. The fourth-order valence-corrected chi connectivity index (χ4v) is 4.38. The van der Waals surface area contributed by atoms with E-state index in [9.17, 15) is 12.8 Å². The van der Waals surface area contributed by atoms with Crippen LogP contribution in [0.4, 0.5) is 4.39 Å². The van der Waals surface area contributed by atoms with Crippen LogP contribution in [0.3, 0.4) is 0 Å². The first-order valence-corrected chi connectivity index (χ1v) is 8.98. The largest absolute Gasteiger partial charge is 0.490 e. The van der Waals surface area contributed by atoms with Gasteiger partial charge in [-0.15, -0.1) is 0 Å². The predicted molar refractivity (Wildman–Crippen MR) is 84.6 cm³/mol. The van der Waals surface area contributed by atoms with Crippen LogP contribution in [-0.2, 0) is 14.8 Å². The normalized spacial score (nSPS) is 23.0. The van der Waals surface area contributed by atoms with E-state index in [4.69, 9.17) is 9.47 Å². The molecule has 1 aliphatic rings. The predicted octanol–water partition coefficient (Wildman–Crippen LogP) is 1.22. The van der Waals surface area contributed by atoms with Gasteiger partial charge in [0.2, 0.25) is 10.0 Å². The summed E-state index contributed by atoms with van der Waals surface area (Å²) < 4.78 is 51.3. The lowest BCUT2D eigenvalue weighted by Crippen LogP contribution is -2.57. The van der Waals surface area contributed by atoms with Crippen LogP contribution in [0.25, 0.3) is 0 Å². The van der Waals surface area contributed by atoms with Crippen molar-refractivity contribution in [3.8, 4) is 5.75 Å². The van der Waals surface area contributed by atoms with Crippen LogP contribution in [0.1, 0.15) is 13.8 Å². The Kier molecular flexibility index (Phi) is 5.96. The third-order valence-corrected chi connectivity index (χ3v) is 6.02. The van der Waals surface area contributed by atoms with Gasteiger partial charge >= 0.3 is 0 Å². The molecule has 0 radical (unpaired) electrons. The molecule has 8 heteroatoms. The van der Waals surface area contributed by atoms with E-state index in [-0.39, 0.29) is 29.3 Å². The zero-order chi connectivity index (χ0) is 17.0. The van der Waals surface area contributed by atoms with Crippen molar-refractivity contribution in [2.24, 2.45) is 0 Å². The number of ether oxygens (including phenoxy) is 2. The number of piperazine rings is 1. The molecule has 1 aromatic carbocycles. The smallest absolute Gasteiger partial charge is 0.247 e. The Bertz CT molecular complexity index is 638. The van der Waals surface area contributed by atoms with Gasteiger partial charge in [0, 0.05) is 32.3 Å². The first-order valence-electron chi connectivity index (χ1n) is 7.54. The number of hydrogen-bond acceptors (Lipinski definition) is 5. The monoisotopic (exact) mass is 346 g/mol. The van der Waals surface area contributed by atoms with Gasteiger partial charge in [-0.25, -0.2) is 12.8 Å². The van der Waals surface area contributed by atoms with E-state index in [0.29, 0.717) is 19.7 Å². The van der Waals surface area contributed by atoms with Crippen molar-refractivity contribution in [2.75, 3.05) is 33.4 Å². The van der Waals surface area contributed by atoms with Crippen molar-refractivity contribution in [1.82, 2.24) is 9.62 Å². The van der Waals surface area contributed by atoms with Gasteiger partial charge in [0.1, 0.15) is 23.1 Å². The minimum atomic E-state index is -3.85. The zero-order valence-electron chi connectivity index (χ0n) is 13.6. The molecule has 1 aromatic rings. The number of rotatable bonds is 6. The molecule has 0 saturated carbocycles. The highest BCUT2D eigenvalue weighted by Crippen LogP contribution is 2.30. The SMILES string of the molecule is COCCOc1ccc(F)cc1S(=O)(=O)N1CCNC(C)C1C. The van der Waals surface area contributed by atoms with E-state index < -0.39 is 15.8 Å². The summed E-state index contributed by atoms with van der Waals surface area (Å²) >= 11 is 0. The summed E-state index contributed by atoms with van der Waals surface area (Å²) in [5, 5.41) is 3.23. The highest BCUT2D eigenvalue weighted by Gasteiger charge is 2.36. The lowest BCUT2D eigenvalue weighted by atomic mass is 10.1. The first-order chi connectivity index (χ1) is 10.9. The molecule has 1 aliphatic heterocycles. The Morgan fingerprint density at radius 2 is 2.09 bits per heavy atom. The number of nitrogens with zero attached hydrogens (tertiary/aromatic N) is 1. The Labute approximate surface area is 136 Å². The first kappa shape index (κ1) is 18.1. The number of halogens is 1. The Balaban J connectivity index is 2.36. The second kappa shape index (κ2) is 7.57. The molecule has 0 aliphatic carbocycles. The second-order valence-electron chi connectivity index (χ2n) is 5.53. The third-order valence-electron chi connectivity index (χ3n) is 4.01. The molecule has 1 fully saturated rings. The summed E-state index contributed by atoms with van der Waals surface area (Å²) in [6.45, 7) is 5.16. The average Bonchev–Trinajstić information content (AvgIpc) is 2.51. The molecule has 0 bridgehead atoms. The van der Waals surface area contributed by atoms with Crippen LogP contribution in [0.5, 0.6) is 5.75 Å². The standard InChI is InChI=1S/C15H23FN2O4S/c1-11-12(2)18(7-6-17-11)23(19,20)15-10-13(16)4-5-14(15)22-9-8-21-3/h4-5,10-12,17H,6-9H2,1-3H3. The van der Waals surface area contributed by atoms with E-state index in [0.717, 1.165) is 6.07 Å². The van der Waals surface area contributed by atoms with E-state index in [2.05, 4.69) is 5.32 Å². The fourth-order valence-electron chi connectivity index (χ4n) is 2.53. The molecule has 2 unspecified atom stereocenters. The van der Waals surface area contributed by atoms with Gasteiger partial charge in [-0.3, -0.25) is 0 Å². The van der Waals surface area contributed by atoms with E-state index in [1.807, 2.05) is 13.8 Å². The second-order valence-corrected chi connectivity index (χ2v) is 7.39. The molecule has 0 aromatic heterocycles. The lowest BCUT2D eigenvalue weighted by Gasteiger charge is -2.37. The van der Waals surface area contributed by atoms with Gasteiger partial charge in [-0.1, -0.05) is 0 Å². The van der Waals surface area contributed by atoms with Crippen LogP contribution < -0.4 is 10.1 Å². The number of nitrogens with one attached hydrogen (secondary N) is 1. The van der Waals surface area contributed by atoms with Crippen molar-refractivity contribution >= 4 is 10.0 Å². The Hall–Kier alpha value is -1.22. The van der Waals surface area contributed by atoms with E-state index in [1.165, 1.54) is 23.5 Å². The molecular formula is C15H23FN2O4S. The molecule has 0 spiro atoms. The van der Waals surface area contributed by atoms with Crippen LogP contribution in [0.2, 0.25) is 0 Å². The van der Waals surface area contributed by atoms with Crippen molar-refractivity contribution < 1.29 is 22.3 Å². The molecule has 6 nitrogen and oxygen atoms in total. The summed E-state index contributed by atoms with van der Waals surface area (Å²) in [6, 6.07) is 3.32. The van der Waals surface area contributed by atoms with Crippen molar-refractivity contribution in [1.29, 1.82) is 0 Å². The third kappa shape index (κ3) is 4.00. The topological polar surface area (TPSA) is 67.9 Å². The Morgan fingerprint density at radius 3 is 2.78 bits per heavy atom. The van der Waals surface area contributed by atoms with Crippen LogP contribution in [0.15, 0.2) is 23.1 Å².